The average Bonchev–Trinajstić information content (AvgIpc) is 2.06. The van der Waals surface area contributed by atoms with E-state index in [1.807, 2.05) is 0 Å². The zero-order valence-corrected chi connectivity index (χ0v) is 8.82. The third kappa shape index (κ3) is 3.62. The molecular weight excluding hydrogens is 280 g/mol. The van der Waals surface area contributed by atoms with E-state index in [2.05, 4.69) is 15.9 Å². The van der Waals surface area contributed by atoms with Gasteiger partial charge in [-0.1, -0.05) is 0 Å². The summed E-state index contributed by atoms with van der Waals surface area (Å²) in [5.74, 6) is -1.71. The van der Waals surface area contributed by atoms with Crippen LogP contribution in [0.2, 0.25) is 0 Å². The second kappa shape index (κ2) is 4.30. The van der Waals surface area contributed by atoms with Crippen LogP contribution in [0.1, 0.15) is 16.8 Å². The van der Waals surface area contributed by atoms with Gasteiger partial charge in [0.2, 0.25) is 0 Å². The average molecular weight is 285 g/mol. The molecule has 1 nitrogen and oxygen atoms in total. The molecule has 0 spiro atoms. The fourth-order valence-electron chi connectivity index (χ4n) is 0.954. The highest BCUT2D eigenvalue weighted by Gasteiger charge is 2.31. The fourth-order valence-corrected chi connectivity index (χ4v) is 1.33. The van der Waals surface area contributed by atoms with Crippen molar-refractivity contribution in [2.24, 2.45) is 0 Å². The lowest BCUT2D eigenvalue weighted by Crippen LogP contribution is -2.15. The van der Waals surface area contributed by atoms with Gasteiger partial charge in [-0.15, -0.1) is 0 Å². The Bertz CT molecular complexity index is 386. The molecule has 0 aliphatic carbocycles. The molecule has 0 N–H and O–H groups in total. The summed E-state index contributed by atoms with van der Waals surface area (Å²) in [5.41, 5.74) is -0.166. The van der Waals surface area contributed by atoms with Crippen molar-refractivity contribution < 1.29 is 22.4 Å². The van der Waals surface area contributed by atoms with Crippen LogP contribution in [-0.2, 0) is 0 Å². The van der Waals surface area contributed by atoms with Gasteiger partial charge in [0.25, 0.3) is 0 Å². The second-order valence-corrected chi connectivity index (χ2v) is 3.70. The first kappa shape index (κ1) is 12.2. The number of hydrogen-bond acceptors (Lipinski definition) is 1. The van der Waals surface area contributed by atoms with Crippen LogP contribution in [0.3, 0.4) is 0 Å². The number of carbonyl (C=O) groups is 1. The van der Waals surface area contributed by atoms with Crippen molar-refractivity contribution >= 4 is 21.7 Å². The molecular formula is C9H5BrF4O. The first-order valence-corrected chi connectivity index (χ1v) is 4.64. The number of alkyl halides is 3. The molecule has 0 aliphatic heterocycles. The van der Waals surface area contributed by atoms with E-state index in [9.17, 15) is 22.4 Å². The number of hydrogen-bond donors (Lipinski definition) is 0. The smallest absolute Gasteiger partial charge is 0.294 e. The van der Waals surface area contributed by atoms with Gasteiger partial charge < -0.3 is 0 Å². The molecule has 0 saturated heterocycles. The number of carbonyl (C=O) groups excluding carboxylic acids is 1. The zero-order valence-electron chi connectivity index (χ0n) is 7.24. The van der Waals surface area contributed by atoms with Crippen molar-refractivity contribution in [1.82, 2.24) is 0 Å². The van der Waals surface area contributed by atoms with Crippen molar-refractivity contribution in [3.8, 4) is 0 Å². The number of Topliss-reactive ketones (excluding diaryl/α,β-unsaturated/α-hetero) is 1. The minimum Gasteiger partial charge on any atom is -0.294 e. The summed E-state index contributed by atoms with van der Waals surface area (Å²) in [7, 11) is 0. The van der Waals surface area contributed by atoms with Gasteiger partial charge in [0.05, 0.1) is 4.47 Å². The third-order valence-corrected chi connectivity index (χ3v) is 2.21. The highest BCUT2D eigenvalue weighted by atomic mass is 79.9. The highest BCUT2D eigenvalue weighted by Crippen LogP contribution is 2.24. The Morgan fingerprint density at radius 3 is 2.40 bits per heavy atom. The molecule has 0 atom stereocenters. The maximum absolute atomic E-state index is 12.7. The largest absolute Gasteiger partial charge is 0.396 e. The topological polar surface area (TPSA) is 17.1 Å². The summed E-state index contributed by atoms with van der Waals surface area (Å²) in [6.07, 6.45) is -6.08. The molecule has 0 unspecified atom stereocenters. The van der Waals surface area contributed by atoms with Crippen molar-refractivity contribution in [2.45, 2.75) is 12.6 Å². The summed E-state index contributed by atoms with van der Waals surface area (Å²) in [4.78, 5) is 11.1. The number of ketones is 1. The Hall–Kier alpha value is -0.910. The highest BCUT2D eigenvalue weighted by molar-refractivity contribution is 9.10. The summed E-state index contributed by atoms with van der Waals surface area (Å²) in [6, 6.07) is 2.99. The Labute approximate surface area is 91.2 Å². The minimum absolute atomic E-state index is 0.0319. The SMILES string of the molecule is O=C(CC(F)(F)F)c1ccc(F)c(Br)c1. The number of rotatable bonds is 2. The van der Waals surface area contributed by atoms with Gasteiger partial charge in [0.1, 0.15) is 12.2 Å². The number of halogens is 5. The molecule has 1 aromatic carbocycles. The molecule has 1 rings (SSSR count). The minimum atomic E-state index is -4.54. The molecule has 0 aliphatic rings. The van der Waals surface area contributed by atoms with Crippen molar-refractivity contribution in [3.63, 3.8) is 0 Å². The fraction of sp³-hybridized carbons (Fsp3) is 0.222. The van der Waals surface area contributed by atoms with Gasteiger partial charge in [-0.25, -0.2) is 4.39 Å². The summed E-state index contributed by atoms with van der Waals surface area (Å²) in [5, 5.41) is 0. The Morgan fingerprint density at radius 1 is 1.33 bits per heavy atom. The molecule has 1 aromatic rings. The third-order valence-electron chi connectivity index (χ3n) is 1.60. The Morgan fingerprint density at radius 2 is 1.93 bits per heavy atom. The molecule has 0 radical (unpaired) electrons. The summed E-state index contributed by atoms with van der Waals surface area (Å²) < 4.78 is 48.3. The predicted octanol–water partition coefficient (Wildman–Crippen LogP) is 3.72. The lowest BCUT2D eigenvalue weighted by Gasteiger charge is -2.05. The second-order valence-electron chi connectivity index (χ2n) is 2.84. The molecule has 0 amide bonds. The Kier molecular flexibility index (Phi) is 3.49. The first-order chi connectivity index (χ1) is 6.79. The molecule has 15 heavy (non-hydrogen) atoms. The Balaban J connectivity index is 2.88. The van der Waals surface area contributed by atoms with Crippen molar-refractivity contribution in [3.05, 3.63) is 34.1 Å². The first-order valence-electron chi connectivity index (χ1n) is 3.84. The summed E-state index contributed by atoms with van der Waals surface area (Å²) in [6.45, 7) is 0. The van der Waals surface area contributed by atoms with Gasteiger partial charge >= 0.3 is 6.18 Å². The van der Waals surface area contributed by atoms with Crippen LogP contribution in [0, 0.1) is 5.82 Å². The van der Waals surface area contributed by atoms with E-state index in [0.29, 0.717) is 0 Å². The van der Waals surface area contributed by atoms with E-state index in [4.69, 9.17) is 0 Å². The lowest BCUT2D eigenvalue weighted by atomic mass is 10.1. The van der Waals surface area contributed by atoms with Crippen LogP contribution in [0.15, 0.2) is 22.7 Å². The monoisotopic (exact) mass is 284 g/mol. The molecule has 0 saturated carbocycles. The van der Waals surface area contributed by atoms with Crippen LogP contribution in [0.5, 0.6) is 0 Å². The van der Waals surface area contributed by atoms with Crippen LogP contribution in [0.25, 0.3) is 0 Å². The van der Waals surface area contributed by atoms with E-state index >= 15 is 0 Å². The van der Waals surface area contributed by atoms with Gasteiger partial charge in [0.15, 0.2) is 5.78 Å². The quantitative estimate of drug-likeness (QED) is 0.598. The van der Waals surface area contributed by atoms with E-state index in [1.54, 1.807) is 0 Å². The van der Waals surface area contributed by atoms with Gasteiger partial charge in [-0.2, -0.15) is 13.2 Å². The molecule has 0 bridgehead atoms. The molecule has 6 heteroatoms. The lowest BCUT2D eigenvalue weighted by molar-refractivity contribution is -0.125. The molecule has 0 heterocycles. The normalized spacial score (nSPS) is 11.5. The van der Waals surface area contributed by atoms with Gasteiger partial charge in [-0.05, 0) is 34.1 Å². The van der Waals surface area contributed by atoms with Crippen LogP contribution >= 0.6 is 15.9 Å². The van der Waals surface area contributed by atoms with E-state index in [1.165, 1.54) is 0 Å². The molecule has 0 aromatic heterocycles. The van der Waals surface area contributed by atoms with E-state index < -0.39 is 24.2 Å². The van der Waals surface area contributed by atoms with Gasteiger partial charge in [0, 0.05) is 5.56 Å². The van der Waals surface area contributed by atoms with Crippen molar-refractivity contribution in [2.75, 3.05) is 0 Å². The van der Waals surface area contributed by atoms with Crippen LogP contribution in [-0.4, -0.2) is 12.0 Å². The van der Waals surface area contributed by atoms with Crippen LogP contribution in [0.4, 0.5) is 17.6 Å². The zero-order chi connectivity index (χ0) is 11.6. The molecule has 0 fully saturated rings. The van der Waals surface area contributed by atoms with Crippen molar-refractivity contribution in [1.29, 1.82) is 0 Å². The molecule has 82 valence electrons. The maximum atomic E-state index is 12.7. The maximum Gasteiger partial charge on any atom is 0.396 e. The van der Waals surface area contributed by atoms with E-state index in [-0.39, 0.29) is 10.0 Å². The summed E-state index contributed by atoms with van der Waals surface area (Å²) >= 11 is 2.79. The standard InChI is InChI=1S/C9H5BrF4O/c10-6-3-5(1-2-7(6)11)8(15)4-9(12,13)14/h1-3H,4H2. The van der Waals surface area contributed by atoms with E-state index in [0.717, 1.165) is 18.2 Å². The number of benzene rings is 1. The van der Waals surface area contributed by atoms with Crippen LogP contribution < -0.4 is 0 Å². The predicted molar refractivity (Wildman–Crippen MR) is 49.1 cm³/mol. The van der Waals surface area contributed by atoms with Gasteiger partial charge in [-0.3, -0.25) is 4.79 Å².